The van der Waals surface area contributed by atoms with Gasteiger partial charge >= 0.3 is 0 Å². The molecule has 1 N–H and O–H groups in total. The lowest BCUT2D eigenvalue weighted by Gasteiger charge is -2.08. The van der Waals surface area contributed by atoms with Crippen molar-refractivity contribution in [2.24, 2.45) is 0 Å². The second kappa shape index (κ2) is 5.76. The molecule has 0 fully saturated rings. The Hall–Kier alpha value is -0.670. The van der Waals surface area contributed by atoms with Gasteiger partial charge in [0.1, 0.15) is 5.82 Å². The van der Waals surface area contributed by atoms with Gasteiger partial charge in [0.05, 0.1) is 9.37 Å². The topological polar surface area (TPSA) is 46.2 Å². The molecule has 0 saturated heterocycles. The molecule has 0 aliphatic rings. The molecule has 0 atom stereocenters. The third-order valence-corrected chi connectivity index (χ3v) is 4.97. The molecule has 0 heterocycles. The van der Waals surface area contributed by atoms with Crippen molar-refractivity contribution in [1.82, 2.24) is 0 Å². The second-order valence-corrected chi connectivity index (χ2v) is 7.47. The van der Waals surface area contributed by atoms with Crippen LogP contribution in [0.15, 0.2) is 51.8 Å². The first-order valence-corrected chi connectivity index (χ1v) is 8.47. The van der Waals surface area contributed by atoms with Crippen LogP contribution in [0.2, 0.25) is 0 Å². The molecule has 100 valence electrons. The molecule has 2 aromatic rings. The van der Waals surface area contributed by atoms with Crippen molar-refractivity contribution in [3.63, 3.8) is 0 Å². The molecule has 0 aromatic heterocycles. The van der Waals surface area contributed by atoms with Crippen molar-refractivity contribution in [1.29, 1.82) is 0 Å². The zero-order valence-corrected chi connectivity index (χ0v) is 14.0. The minimum Gasteiger partial charge on any atom is -0.280 e. The van der Waals surface area contributed by atoms with E-state index in [1.807, 2.05) is 6.07 Å². The molecule has 0 spiro atoms. The van der Waals surface area contributed by atoms with Gasteiger partial charge < -0.3 is 0 Å². The molecule has 0 aliphatic heterocycles. The van der Waals surface area contributed by atoms with E-state index in [0.717, 1.165) is 9.64 Å². The predicted molar refractivity (Wildman–Crippen MR) is 84.1 cm³/mol. The maximum absolute atomic E-state index is 13.4. The molecule has 3 nitrogen and oxygen atoms in total. The van der Waals surface area contributed by atoms with Gasteiger partial charge in [-0.2, -0.15) is 0 Å². The van der Waals surface area contributed by atoms with Crippen molar-refractivity contribution in [3.8, 4) is 0 Å². The Kier molecular flexibility index (Phi) is 4.46. The third-order valence-electron chi connectivity index (χ3n) is 2.28. The fourth-order valence-electron chi connectivity index (χ4n) is 1.41. The van der Waals surface area contributed by atoms with Gasteiger partial charge in [0.25, 0.3) is 10.0 Å². The molecule has 0 aliphatic carbocycles. The smallest absolute Gasteiger partial charge is 0.261 e. The van der Waals surface area contributed by atoms with Crippen LogP contribution in [0.4, 0.5) is 10.1 Å². The SMILES string of the molecule is O=S(=O)(Nc1cccc(I)c1)c1ccc(Br)c(F)c1. The van der Waals surface area contributed by atoms with Gasteiger partial charge in [-0.3, -0.25) is 4.72 Å². The zero-order valence-electron chi connectivity index (χ0n) is 9.40. The number of anilines is 1. The first kappa shape index (κ1) is 14.7. The van der Waals surface area contributed by atoms with Gasteiger partial charge in [-0.25, -0.2) is 12.8 Å². The van der Waals surface area contributed by atoms with Crippen molar-refractivity contribution < 1.29 is 12.8 Å². The fraction of sp³-hybridized carbons (Fsp3) is 0. The zero-order chi connectivity index (χ0) is 14.0. The minimum absolute atomic E-state index is 0.118. The Morgan fingerprint density at radius 1 is 1.16 bits per heavy atom. The summed E-state index contributed by atoms with van der Waals surface area (Å²) in [5, 5.41) is 0. The van der Waals surface area contributed by atoms with Crippen LogP contribution >= 0.6 is 38.5 Å². The second-order valence-electron chi connectivity index (χ2n) is 3.69. The minimum atomic E-state index is -3.78. The van der Waals surface area contributed by atoms with Gasteiger partial charge in [-0.1, -0.05) is 6.07 Å². The van der Waals surface area contributed by atoms with Crippen LogP contribution in [0.1, 0.15) is 0 Å². The summed E-state index contributed by atoms with van der Waals surface area (Å²) in [7, 11) is -3.78. The summed E-state index contributed by atoms with van der Waals surface area (Å²) in [4.78, 5) is -0.118. The Labute approximate surface area is 132 Å². The Morgan fingerprint density at radius 3 is 2.53 bits per heavy atom. The molecule has 19 heavy (non-hydrogen) atoms. The summed E-state index contributed by atoms with van der Waals surface area (Å²) < 4.78 is 41.1. The van der Waals surface area contributed by atoms with E-state index in [1.165, 1.54) is 12.1 Å². The number of sulfonamides is 1. The number of halogens is 3. The maximum atomic E-state index is 13.4. The summed E-state index contributed by atoms with van der Waals surface area (Å²) >= 11 is 5.06. The van der Waals surface area contributed by atoms with Crippen LogP contribution in [-0.4, -0.2) is 8.42 Å². The number of hydrogen-bond donors (Lipinski definition) is 1. The molecular formula is C12H8BrFINO2S. The van der Waals surface area contributed by atoms with Crippen molar-refractivity contribution >= 4 is 54.2 Å². The average Bonchev–Trinajstić information content (AvgIpc) is 2.32. The standard InChI is InChI=1S/C12H8BrFINO2S/c13-11-5-4-10(7-12(11)14)19(17,18)16-9-3-1-2-8(15)6-9/h1-7,16H. The van der Waals surface area contributed by atoms with Gasteiger partial charge in [0.2, 0.25) is 0 Å². The number of nitrogens with one attached hydrogen (secondary N) is 1. The van der Waals surface area contributed by atoms with Crippen molar-refractivity contribution in [3.05, 3.63) is 56.3 Å². The fourth-order valence-corrected chi connectivity index (χ4v) is 3.26. The molecule has 0 amide bonds. The van der Waals surface area contributed by atoms with Crippen LogP contribution in [0.3, 0.4) is 0 Å². The van der Waals surface area contributed by atoms with Gasteiger partial charge in [0.15, 0.2) is 0 Å². The lowest BCUT2D eigenvalue weighted by molar-refractivity contribution is 0.593. The highest BCUT2D eigenvalue weighted by atomic mass is 127. The molecule has 0 saturated carbocycles. The molecule has 0 bridgehead atoms. The highest BCUT2D eigenvalue weighted by Crippen LogP contribution is 2.22. The third kappa shape index (κ3) is 3.67. The van der Waals surface area contributed by atoms with E-state index in [2.05, 4.69) is 43.2 Å². The normalized spacial score (nSPS) is 11.3. The largest absolute Gasteiger partial charge is 0.280 e. The van der Waals surface area contributed by atoms with Crippen LogP contribution in [-0.2, 0) is 10.0 Å². The Morgan fingerprint density at radius 2 is 1.89 bits per heavy atom. The van der Waals surface area contributed by atoms with E-state index in [1.54, 1.807) is 18.2 Å². The number of benzene rings is 2. The monoisotopic (exact) mass is 455 g/mol. The summed E-state index contributed by atoms with van der Waals surface area (Å²) in [6.07, 6.45) is 0. The lowest BCUT2D eigenvalue weighted by Crippen LogP contribution is -2.13. The maximum Gasteiger partial charge on any atom is 0.261 e. The molecule has 0 radical (unpaired) electrons. The molecule has 2 aromatic carbocycles. The molecule has 0 unspecified atom stereocenters. The van der Waals surface area contributed by atoms with Crippen molar-refractivity contribution in [2.45, 2.75) is 4.90 Å². The summed E-state index contributed by atoms with van der Waals surface area (Å²) in [5.74, 6) is -0.620. The van der Waals surface area contributed by atoms with Gasteiger partial charge in [-0.15, -0.1) is 0 Å². The van der Waals surface area contributed by atoms with E-state index in [0.29, 0.717) is 5.69 Å². The van der Waals surface area contributed by atoms with Crippen molar-refractivity contribution in [2.75, 3.05) is 4.72 Å². The quantitative estimate of drug-likeness (QED) is 0.711. The van der Waals surface area contributed by atoms with Crippen LogP contribution in [0.25, 0.3) is 0 Å². The predicted octanol–water partition coefficient (Wildman–Crippen LogP) is 3.99. The van der Waals surface area contributed by atoms with Gasteiger partial charge in [-0.05, 0) is 74.9 Å². The highest BCUT2D eigenvalue weighted by Gasteiger charge is 2.16. The molecule has 2 rings (SSSR count). The molecule has 7 heteroatoms. The lowest BCUT2D eigenvalue weighted by atomic mass is 10.3. The van der Waals surface area contributed by atoms with Crippen LogP contribution in [0, 0.1) is 9.39 Å². The summed E-state index contributed by atoms with van der Waals surface area (Å²) in [6, 6.07) is 10.6. The van der Waals surface area contributed by atoms with E-state index in [4.69, 9.17) is 0 Å². The van der Waals surface area contributed by atoms with E-state index in [9.17, 15) is 12.8 Å². The summed E-state index contributed by atoms with van der Waals surface area (Å²) in [6.45, 7) is 0. The van der Waals surface area contributed by atoms with E-state index < -0.39 is 15.8 Å². The van der Waals surface area contributed by atoms with Crippen LogP contribution in [0.5, 0.6) is 0 Å². The molecular weight excluding hydrogens is 448 g/mol. The average molecular weight is 456 g/mol. The number of rotatable bonds is 3. The first-order chi connectivity index (χ1) is 8.88. The van der Waals surface area contributed by atoms with E-state index >= 15 is 0 Å². The van der Waals surface area contributed by atoms with E-state index in [-0.39, 0.29) is 9.37 Å². The summed E-state index contributed by atoms with van der Waals surface area (Å²) in [5.41, 5.74) is 0.440. The van der Waals surface area contributed by atoms with Crippen LogP contribution < -0.4 is 4.72 Å². The van der Waals surface area contributed by atoms with Gasteiger partial charge in [0, 0.05) is 9.26 Å². The number of hydrogen-bond acceptors (Lipinski definition) is 2. The highest BCUT2D eigenvalue weighted by molar-refractivity contribution is 14.1. The first-order valence-electron chi connectivity index (χ1n) is 5.12. The Balaban J connectivity index is 2.35. The Bertz CT molecular complexity index is 721.